The normalized spacial score (nSPS) is 19.2. The number of hydrogen-bond acceptors (Lipinski definition) is 6. The third-order valence-electron chi connectivity index (χ3n) is 3.18. The van der Waals surface area contributed by atoms with E-state index < -0.39 is 22.6 Å². The highest BCUT2D eigenvalue weighted by Crippen LogP contribution is 2.26. The maximum atomic E-state index is 12.3. The maximum absolute atomic E-state index is 12.3. The van der Waals surface area contributed by atoms with E-state index in [9.17, 15) is 19.7 Å². The molecule has 0 saturated carbocycles. The van der Waals surface area contributed by atoms with Crippen LogP contribution in [0.1, 0.15) is 19.4 Å². The minimum Gasteiger partial charge on any atom is -0.465 e. The number of Topliss-reactive ketones (excluding diaryl/α,β-unsaturated/α-hetero) is 1. The second kappa shape index (κ2) is 6.30. The van der Waals surface area contributed by atoms with Crippen LogP contribution in [-0.4, -0.2) is 29.0 Å². The summed E-state index contributed by atoms with van der Waals surface area (Å²) >= 11 is 0. The summed E-state index contributed by atoms with van der Waals surface area (Å²) < 4.78 is 4.85. The number of allylic oxidation sites excluding steroid dienone is 1. The summed E-state index contributed by atoms with van der Waals surface area (Å²) in [4.78, 5) is 38.5. The standard InChI is InChI=1S/C15H14N2O5/c1-3-22-15(19)13-9(2)16-11(14(13)18)8-10-6-4-5-7-12(10)17(20)21/h4-8,13H,3H2,1-2H3/b11-8+. The minimum atomic E-state index is -1.06. The first-order valence-corrected chi connectivity index (χ1v) is 6.66. The van der Waals surface area contributed by atoms with Gasteiger partial charge in [-0.3, -0.25) is 24.7 Å². The van der Waals surface area contributed by atoms with Crippen LogP contribution in [0.3, 0.4) is 0 Å². The number of ether oxygens (including phenoxy) is 1. The van der Waals surface area contributed by atoms with Gasteiger partial charge < -0.3 is 4.74 Å². The molecule has 7 heteroatoms. The molecule has 1 aliphatic rings. The molecule has 0 aliphatic carbocycles. The van der Waals surface area contributed by atoms with E-state index in [4.69, 9.17) is 4.74 Å². The molecule has 0 radical (unpaired) electrons. The molecule has 1 aromatic rings. The summed E-state index contributed by atoms with van der Waals surface area (Å²) in [6.45, 7) is 3.37. The summed E-state index contributed by atoms with van der Waals surface area (Å²) in [6.07, 6.45) is 1.32. The second-order valence-corrected chi connectivity index (χ2v) is 4.65. The van der Waals surface area contributed by atoms with Crippen molar-refractivity contribution in [2.45, 2.75) is 13.8 Å². The van der Waals surface area contributed by atoms with Gasteiger partial charge in [0.05, 0.1) is 17.1 Å². The summed E-state index contributed by atoms with van der Waals surface area (Å²) in [5, 5.41) is 11.0. The van der Waals surface area contributed by atoms with E-state index in [-0.39, 0.29) is 23.6 Å². The van der Waals surface area contributed by atoms with E-state index >= 15 is 0 Å². The second-order valence-electron chi connectivity index (χ2n) is 4.65. The van der Waals surface area contributed by atoms with E-state index in [1.807, 2.05) is 0 Å². The third-order valence-corrected chi connectivity index (χ3v) is 3.18. The molecule has 114 valence electrons. The fourth-order valence-corrected chi connectivity index (χ4v) is 2.18. The van der Waals surface area contributed by atoms with Crippen LogP contribution in [-0.2, 0) is 14.3 Å². The number of para-hydroxylation sites is 1. The van der Waals surface area contributed by atoms with E-state index in [0.717, 1.165) is 0 Å². The number of hydrogen-bond donors (Lipinski definition) is 0. The van der Waals surface area contributed by atoms with Gasteiger partial charge in [0.2, 0.25) is 5.78 Å². The molecule has 1 aromatic carbocycles. The Balaban J connectivity index is 2.38. The summed E-state index contributed by atoms with van der Waals surface area (Å²) in [5.41, 5.74) is 0.477. The lowest BCUT2D eigenvalue weighted by atomic mass is 10.00. The largest absolute Gasteiger partial charge is 0.465 e. The number of aliphatic imine (C=N–C) groups is 1. The molecule has 0 amide bonds. The van der Waals surface area contributed by atoms with Crippen LogP contribution in [0.2, 0.25) is 0 Å². The molecular formula is C15H14N2O5. The molecule has 1 aliphatic heterocycles. The van der Waals surface area contributed by atoms with Gasteiger partial charge in [-0.2, -0.15) is 0 Å². The van der Waals surface area contributed by atoms with E-state index in [0.29, 0.717) is 5.71 Å². The van der Waals surface area contributed by atoms with Crippen LogP contribution < -0.4 is 0 Å². The highest BCUT2D eigenvalue weighted by Gasteiger charge is 2.38. The van der Waals surface area contributed by atoms with Crippen molar-refractivity contribution in [3.8, 4) is 0 Å². The molecule has 0 aromatic heterocycles. The van der Waals surface area contributed by atoms with Gasteiger partial charge in [0.1, 0.15) is 5.70 Å². The molecule has 2 rings (SSSR count). The summed E-state index contributed by atoms with van der Waals surface area (Å²) in [6, 6.07) is 6.01. The number of carbonyl (C=O) groups is 2. The molecule has 1 heterocycles. The Morgan fingerprint density at radius 2 is 2.14 bits per heavy atom. The van der Waals surface area contributed by atoms with Crippen molar-refractivity contribution in [3.63, 3.8) is 0 Å². The average molecular weight is 302 g/mol. The smallest absolute Gasteiger partial charge is 0.322 e. The highest BCUT2D eigenvalue weighted by molar-refractivity contribution is 6.28. The van der Waals surface area contributed by atoms with Gasteiger partial charge in [0.15, 0.2) is 5.92 Å². The number of esters is 1. The molecular weight excluding hydrogens is 288 g/mol. The number of nitro groups is 1. The summed E-state index contributed by atoms with van der Waals surface area (Å²) in [5.74, 6) is -2.22. The first-order chi connectivity index (χ1) is 10.5. The van der Waals surface area contributed by atoms with Gasteiger partial charge in [-0.25, -0.2) is 0 Å². The van der Waals surface area contributed by atoms with Crippen LogP contribution in [0.5, 0.6) is 0 Å². The van der Waals surface area contributed by atoms with Crippen LogP contribution in [0.15, 0.2) is 35.0 Å². The van der Waals surface area contributed by atoms with Crippen molar-refractivity contribution in [2.24, 2.45) is 10.9 Å². The number of benzene rings is 1. The van der Waals surface area contributed by atoms with Crippen molar-refractivity contribution >= 4 is 29.2 Å². The van der Waals surface area contributed by atoms with Gasteiger partial charge in [-0.05, 0) is 26.0 Å². The topological polar surface area (TPSA) is 98.9 Å². The summed E-state index contributed by atoms with van der Waals surface area (Å²) in [7, 11) is 0. The zero-order chi connectivity index (χ0) is 16.3. The Morgan fingerprint density at radius 3 is 2.77 bits per heavy atom. The maximum Gasteiger partial charge on any atom is 0.322 e. The molecule has 7 nitrogen and oxygen atoms in total. The lowest BCUT2D eigenvalue weighted by Gasteiger charge is -2.07. The van der Waals surface area contributed by atoms with Crippen molar-refractivity contribution in [3.05, 3.63) is 45.6 Å². The quantitative estimate of drug-likeness (QED) is 0.279. The van der Waals surface area contributed by atoms with Gasteiger partial charge in [-0.1, -0.05) is 12.1 Å². The number of nitrogens with zero attached hydrogens (tertiary/aromatic N) is 2. The molecule has 22 heavy (non-hydrogen) atoms. The first-order valence-electron chi connectivity index (χ1n) is 6.66. The number of nitro benzene ring substituents is 1. The van der Waals surface area contributed by atoms with Crippen LogP contribution in [0.4, 0.5) is 5.69 Å². The van der Waals surface area contributed by atoms with E-state index in [1.165, 1.54) is 24.3 Å². The van der Waals surface area contributed by atoms with E-state index in [2.05, 4.69) is 4.99 Å². The Kier molecular flexibility index (Phi) is 4.45. The van der Waals surface area contributed by atoms with Crippen molar-refractivity contribution < 1.29 is 19.2 Å². The Bertz CT molecular complexity index is 706. The SMILES string of the molecule is CCOC(=O)C1C(=O)/C(=C\c2ccccc2[N+](=O)[O-])N=C1C. The fourth-order valence-electron chi connectivity index (χ4n) is 2.18. The zero-order valence-electron chi connectivity index (χ0n) is 12.1. The lowest BCUT2D eigenvalue weighted by Crippen LogP contribution is -2.28. The number of carbonyl (C=O) groups excluding carboxylic acids is 2. The molecule has 0 fully saturated rings. The number of ketones is 1. The van der Waals surface area contributed by atoms with Crippen molar-refractivity contribution in [1.29, 1.82) is 0 Å². The first kappa shape index (κ1) is 15.6. The zero-order valence-corrected chi connectivity index (χ0v) is 12.1. The molecule has 1 atom stereocenters. The predicted octanol–water partition coefficient (Wildman–Crippen LogP) is 2.16. The van der Waals surface area contributed by atoms with E-state index in [1.54, 1.807) is 19.9 Å². The molecule has 0 saturated heterocycles. The third kappa shape index (κ3) is 2.93. The highest BCUT2D eigenvalue weighted by atomic mass is 16.6. The Labute approximate surface area is 126 Å². The average Bonchev–Trinajstić information content (AvgIpc) is 2.74. The molecule has 0 bridgehead atoms. The number of rotatable bonds is 4. The predicted molar refractivity (Wildman–Crippen MR) is 79.3 cm³/mol. The van der Waals surface area contributed by atoms with Gasteiger partial charge >= 0.3 is 5.97 Å². The van der Waals surface area contributed by atoms with Crippen molar-refractivity contribution in [2.75, 3.05) is 6.61 Å². The van der Waals surface area contributed by atoms with Crippen molar-refractivity contribution in [1.82, 2.24) is 0 Å². The lowest BCUT2D eigenvalue weighted by molar-refractivity contribution is -0.385. The minimum absolute atomic E-state index is 0.0184. The molecule has 1 unspecified atom stereocenters. The fraction of sp³-hybridized carbons (Fsp3) is 0.267. The van der Waals surface area contributed by atoms with Gasteiger partial charge in [0.25, 0.3) is 5.69 Å². The van der Waals surface area contributed by atoms with Gasteiger partial charge in [0, 0.05) is 11.8 Å². The van der Waals surface area contributed by atoms with Crippen LogP contribution >= 0.6 is 0 Å². The Morgan fingerprint density at radius 1 is 1.45 bits per heavy atom. The molecule has 0 N–H and O–H groups in total. The monoisotopic (exact) mass is 302 g/mol. The van der Waals surface area contributed by atoms with Gasteiger partial charge in [-0.15, -0.1) is 0 Å². The van der Waals surface area contributed by atoms with Crippen LogP contribution in [0.25, 0.3) is 6.08 Å². The molecule has 0 spiro atoms. The van der Waals surface area contributed by atoms with Crippen LogP contribution in [0, 0.1) is 16.0 Å². The Hall–Kier alpha value is -2.83.